The summed E-state index contributed by atoms with van der Waals surface area (Å²) in [4.78, 5) is 31.3. The van der Waals surface area contributed by atoms with E-state index in [9.17, 15) is 9.59 Å². The maximum absolute atomic E-state index is 13.5. The predicted octanol–water partition coefficient (Wildman–Crippen LogP) is 6.08. The standard InChI is InChI=1S/C26H24ClN3O2S/c1-15-9-7-10-16(2)23(15)29-24(31)18(4)33-26-28-21-13-6-5-11-19(21)25(32)30(26)22-14-8-12-20(27)17(22)3/h5-14,18H,1-4H3,(H,29,31). The molecule has 0 aliphatic heterocycles. The summed E-state index contributed by atoms with van der Waals surface area (Å²) in [5.74, 6) is -0.158. The Labute approximate surface area is 201 Å². The molecule has 1 heterocycles. The van der Waals surface area contributed by atoms with E-state index in [0.717, 1.165) is 22.4 Å². The second-order valence-electron chi connectivity index (χ2n) is 7.95. The predicted molar refractivity (Wildman–Crippen MR) is 137 cm³/mol. The van der Waals surface area contributed by atoms with Crippen molar-refractivity contribution in [3.63, 3.8) is 0 Å². The van der Waals surface area contributed by atoms with Crippen molar-refractivity contribution in [2.24, 2.45) is 0 Å². The Kier molecular flexibility index (Phi) is 6.58. The van der Waals surface area contributed by atoms with Crippen molar-refractivity contribution < 1.29 is 4.79 Å². The molecule has 4 rings (SSSR count). The van der Waals surface area contributed by atoms with Crippen LogP contribution in [0.2, 0.25) is 5.02 Å². The normalized spacial score (nSPS) is 12.0. The molecule has 33 heavy (non-hydrogen) atoms. The Morgan fingerprint density at radius 1 is 1.00 bits per heavy atom. The van der Waals surface area contributed by atoms with E-state index in [0.29, 0.717) is 26.8 Å². The molecule has 0 saturated carbocycles. The van der Waals surface area contributed by atoms with Gasteiger partial charge in [-0.1, -0.05) is 59.8 Å². The van der Waals surface area contributed by atoms with Crippen LogP contribution in [0.5, 0.6) is 0 Å². The van der Waals surface area contributed by atoms with Crippen LogP contribution in [0.3, 0.4) is 0 Å². The van der Waals surface area contributed by atoms with Crippen LogP contribution < -0.4 is 10.9 Å². The first-order valence-electron chi connectivity index (χ1n) is 10.6. The number of benzene rings is 3. The number of anilines is 1. The lowest BCUT2D eigenvalue weighted by Crippen LogP contribution is -2.27. The molecule has 1 amide bonds. The highest BCUT2D eigenvalue weighted by atomic mass is 35.5. The number of aromatic nitrogens is 2. The summed E-state index contributed by atoms with van der Waals surface area (Å²) < 4.78 is 1.55. The fourth-order valence-corrected chi connectivity index (χ4v) is 4.78. The number of rotatable bonds is 5. The highest BCUT2D eigenvalue weighted by molar-refractivity contribution is 8.00. The molecule has 1 aromatic heterocycles. The summed E-state index contributed by atoms with van der Waals surface area (Å²) in [6, 6.07) is 18.5. The molecule has 3 aromatic carbocycles. The lowest BCUT2D eigenvalue weighted by Gasteiger charge is -2.19. The number of hydrogen-bond acceptors (Lipinski definition) is 4. The molecular formula is C26H24ClN3O2S. The third kappa shape index (κ3) is 4.54. The number of nitrogens with one attached hydrogen (secondary N) is 1. The Balaban J connectivity index is 1.77. The Hall–Kier alpha value is -3.09. The highest BCUT2D eigenvalue weighted by Crippen LogP contribution is 2.29. The molecule has 4 aromatic rings. The van der Waals surface area contributed by atoms with E-state index in [2.05, 4.69) is 5.32 Å². The van der Waals surface area contributed by atoms with E-state index in [-0.39, 0.29) is 11.5 Å². The smallest absolute Gasteiger partial charge is 0.266 e. The number of thioether (sulfide) groups is 1. The van der Waals surface area contributed by atoms with Crippen LogP contribution in [0, 0.1) is 20.8 Å². The van der Waals surface area contributed by atoms with Crippen LogP contribution in [-0.2, 0) is 4.79 Å². The van der Waals surface area contributed by atoms with Gasteiger partial charge in [0.2, 0.25) is 5.91 Å². The molecule has 1 atom stereocenters. The number of carbonyl (C=O) groups is 1. The fourth-order valence-electron chi connectivity index (χ4n) is 3.69. The average molecular weight is 478 g/mol. The zero-order valence-electron chi connectivity index (χ0n) is 18.8. The second kappa shape index (κ2) is 9.41. The van der Waals surface area contributed by atoms with E-state index in [4.69, 9.17) is 16.6 Å². The molecule has 0 bridgehead atoms. The average Bonchev–Trinajstić information content (AvgIpc) is 2.79. The van der Waals surface area contributed by atoms with Gasteiger partial charge in [0.05, 0.1) is 21.8 Å². The molecule has 168 valence electrons. The van der Waals surface area contributed by atoms with E-state index < -0.39 is 5.25 Å². The molecule has 1 unspecified atom stereocenters. The van der Waals surface area contributed by atoms with Crippen molar-refractivity contribution in [3.05, 3.63) is 92.7 Å². The summed E-state index contributed by atoms with van der Waals surface area (Å²) in [5.41, 5.74) is 4.61. The summed E-state index contributed by atoms with van der Waals surface area (Å²) >= 11 is 7.60. The number of carbonyl (C=O) groups excluding carboxylic acids is 1. The Morgan fingerprint density at radius 2 is 1.67 bits per heavy atom. The van der Waals surface area contributed by atoms with Gasteiger partial charge in [-0.2, -0.15) is 0 Å². The van der Waals surface area contributed by atoms with Gasteiger partial charge >= 0.3 is 0 Å². The number of nitrogens with zero attached hydrogens (tertiary/aromatic N) is 2. The minimum atomic E-state index is -0.497. The van der Waals surface area contributed by atoms with Gasteiger partial charge in [0.15, 0.2) is 5.16 Å². The van der Waals surface area contributed by atoms with Crippen LogP contribution >= 0.6 is 23.4 Å². The van der Waals surface area contributed by atoms with E-state index >= 15 is 0 Å². The molecule has 5 nitrogen and oxygen atoms in total. The largest absolute Gasteiger partial charge is 0.325 e. The summed E-state index contributed by atoms with van der Waals surface area (Å²) in [6.07, 6.45) is 0. The van der Waals surface area contributed by atoms with E-state index in [1.807, 2.05) is 64.1 Å². The van der Waals surface area contributed by atoms with Crippen molar-refractivity contribution >= 4 is 45.9 Å². The zero-order chi connectivity index (χ0) is 23.7. The lowest BCUT2D eigenvalue weighted by atomic mass is 10.1. The topological polar surface area (TPSA) is 64.0 Å². The summed E-state index contributed by atoms with van der Waals surface area (Å²) in [7, 11) is 0. The third-order valence-electron chi connectivity index (χ3n) is 5.61. The quantitative estimate of drug-likeness (QED) is 0.279. The molecular weight excluding hydrogens is 454 g/mol. The zero-order valence-corrected chi connectivity index (χ0v) is 20.4. The van der Waals surface area contributed by atoms with Gasteiger partial charge in [0.1, 0.15) is 0 Å². The number of fused-ring (bicyclic) bond motifs is 1. The molecule has 0 fully saturated rings. The molecule has 1 N–H and O–H groups in total. The molecule has 7 heteroatoms. The number of hydrogen-bond donors (Lipinski definition) is 1. The van der Waals surface area contributed by atoms with Crippen LogP contribution in [-0.4, -0.2) is 20.7 Å². The number of aryl methyl sites for hydroxylation is 2. The van der Waals surface area contributed by atoms with Crippen molar-refractivity contribution in [1.29, 1.82) is 0 Å². The highest BCUT2D eigenvalue weighted by Gasteiger charge is 2.22. The monoisotopic (exact) mass is 477 g/mol. The first-order valence-corrected chi connectivity index (χ1v) is 11.8. The minimum absolute atomic E-state index is 0.158. The minimum Gasteiger partial charge on any atom is -0.325 e. The molecule has 0 aliphatic carbocycles. The maximum atomic E-state index is 13.5. The molecule has 0 aliphatic rings. The summed E-state index contributed by atoms with van der Waals surface area (Å²) in [5, 5.41) is 4.04. The van der Waals surface area contributed by atoms with Crippen molar-refractivity contribution in [2.75, 3.05) is 5.32 Å². The molecule has 0 saturated heterocycles. The Morgan fingerprint density at radius 3 is 2.39 bits per heavy atom. The van der Waals surface area contributed by atoms with Crippen molar-refractivity contribution in [2.45, 2.75) is 38.1 Å². The maximum Gasteiger partial charge on any atom is 0.266 e. The van der Waals surface area contributed by atoms with Gasteiger partial charge in [0.25, 0.3) is 5.56 Å². The molecule has 0 radical (unpaired) electrons. The SMILES string of the molecule is Cc1cccc(C)c1NC(=O)C(C)Sc1nc2ccccc2c(=O)n1-c1cccc(Cl)c1C. The van der Waals surface area contributed by atoms with Crippen molar-refractivity contribution in [3.8, 4) is 5.69 Å². The van der Waals surface area contributed by atoms with Crippen LogP contribution in [0.25, 0.3) is 16.6 Å². The van der Waals surface area contributed by atoms with E-state index in [1.165, 1.54) is 11.8 Å². The Bertz CT molecular complexity index is 1410. The van der Waals surface area contributed by atoms with Gasteiger partial charge in [-0.05, 0) is 68.7 Å². The number of amides is 1. The lowest BCUT2D eigenvalue weighted by molar-refractivity contribution is -0.115. The van der Waals surface area contributed by atoms with Gasteiger partial charge < -0.3 is 5.32 Å². The van der Waals surface area contributed by atoms with Gasteiger partial charge in [0, 0.05) is 10.7 Å². The van der Waals surface area contributed by atoms with Crippen LogP contribution in [0.1, 0.15) is 23.6 Å². The number of para-hydroxylation sites is 2. The first kappa shape index (κ1) is 23.1. The van der Waals surface area contributed by atoms with Crippen LogP contribution in [0.15, 0.2) is 70.6 Å². The fraction of sp³-hybridized carbons (Fsp3) is 0.192. The molecule has 0 spiro atoms. The third-order valence-corrected chi connectivity index (χ3v) is 7.07. The van der Waals surface area contributed by atoms with Crippen LogP contribution in [0.4, 0.5) is 5.69 Å². The number of halogens is 1. The summed E-state index contributed by atoms with van der Waals surface area (Å²) in [6.45, 7) is 7.60. The van der Waals surface area contributed by atoms with Crippen molar-refractivity contribution in [1.82, 2.24) is 9.55 Å². The van der Waals surface area contributed by atoms with E-state index in [1.54, 1.807) is 28.8 Å². The van der Waals surface area contributed by atoms with Gasteiger partial charge in [-0.25, -0.2) is 4.98 Å². The first-order chi connectivity index (χ1) is 15.8. The van der Waals surface area contributed by atoms with Gasteiger partial charge in [-0.15, -0.1) is 0 Å². The second-order valence-corrected chi connectivity index (χ2v) is 9.67. The van der Waals surface area contributed by atoms with Gasteiger partial charge in [-0.3, -0.25) is 14.2 Å².